The number of amides is 1. The predicted molar refractivity (Wildman–Crippen MR) is 64.4 cm³/mol. The molecule has 3 N–H and O–H groups in total. The van der Waals surface area contributed by atoms with Crippen molar-refractivity contribution in [2.24, 2.45) is 11.8 Å². The molecular weight excluding hydrogens is 216 g/mol. The van der Waals surface area contributed by atoms with Crippen LogP contribution in [-0.4, -0.2) is 35.7 Å². The van der Waals surface area contributed by atoms with Crippen LogP contribution in [0, 0.1) is 11.8 Å². The van der Waals surface area contributed by atoms with Crippen LogP contribution in [0.3, 0.4) is 0 Å². The zero-order valence-corrected chi connectivity index (χ0v) is 10.2. The van der Waals surface area contributed by atoms with Gasteiger partial charge in [0.15, 0.2) is 0 Å². The van der Waals surface area contributed by atoms with E-state index in [1.165, 1.54) is 6.42 Å². The number of carbonyl (C=O) groups is 1. The number of aliphatic hydroxyl groups excluding tert-OH is 1. The van der Waals surface area contributed by atoms with Crippen molar-refractivity contribution in [1.29, 1.82) is 0 Å². The van der Waals surface area contributed by atoms with Crippen LogP contribution in [0.2, 0.25) is 0 Å². The predicted octanol–water partition coefficient (Wildman–Crippen LogP) is 0.404. The molecule has 2 saturated heterocycles. The van der Waals surface area contributed by atoms with Crippen LogP contribution in [0.1, 0.15) is 38.5 Å². The smallest absolute Gasteiger partial charge is 0.224 e. The standard InChI is InChI=1S/C13H22N2O2/c16-10-3-1-8(5-10)7-14-13(17)11-6-9-2-4-12(11)15-9/h8-12,15-16H,1-7H2,(H,14,17). The van der Waals surface area contributed by atoms with Crippen LogP contribution in [0.4, 0.5) is 0 Å². The molecular formula is C13H22N2O2. The lowest BCUT2D eigenvalue weighted by atomic mass is 9.88. The highest BCUT2D eigenvalue weighted by atomic mass is 16.3. The van der Waals surface area contributed by atoms with E-state index in [4.69, 9.17) is 0 Å². The molecule has 1 amide bonds. The van der Waals surface area contributed by atoms with Gasteiger partial charge in [0.05, 0.1) is 12.0 Å². The average molecular weight is 238 g/mol. The number of aliphatic hydroxyl groups is 1. The van der Waals surface area contributed by atoms with Crippen LogP contribution < -0.4 is 10.6 Å². The number of fused-ring (bicyclic) bond motifs is 2. The number of hydrogen-bond acceptors (Lipinski definition) is 3. The fraction of sp³-hybridized carbons (Fsp3) is 0.923. The molecule has 3 rings (SSSR count). The molecule has 5 atom stereocenters. The number of carbonyl (C=O) groups excluding carboxylic acids is 1. The van der Waals surface area contributed by atoms with E-state index in [1.807, 2.05) is 0 Å². The third-order valence-electron chi connectivity index (χ3n) is 4.72. The van der Waals surface area contributed by atoms with Gasteiger partial charge in [-0.3, -0.25) is 4.79 Å². The summed E-state index contributed by atoms with van der Waals surface area (Å²) < 4.78 is 0. The molecule has 3 aliphatic rings. The minimum absolute atomic E-state index is 0.138. The first-order valence-corrected chi connectivity index (χ1v) is 6.94. The molecule has 2 bridgehead atoms. The Kier molecular flexibility index (Phi) is 3.09. The van der Waals surface area contributed by atoms with Gasteiger partial charge in [0.25, 0.3) is 0 Å². The summed E-state index contributed by atoms with van der Waals surface area (Å²) in [6.45, 7) is 0.754. The molecule has 0 aromatic carbocycles. The van der Waals surface area contributed by atoms with Gasteiger partial charge in [-0.25, -0.2) is 0 Å². The fourth-order valence-corrected chi connectivity index (χ4v) is 3.72. The van der Waals surface area contributed by atoms with Crippen molar-refractivity contribution in [3.63, 3.8) is 0 Å². The first kappa shape index (κ1) is 11.5. The SMILES string of the molecule is O=C(NCC1CCC(O)C1)C1CC2CCC1N2. The third-order valence-corrected chi connectivity index (χ3v) is 4.72. The maximum atomic E-state index is 12.1. The minimum atomic E-state index is -0.138. The van der Waals surface area contributed by atoms with Crippen molar-refractivity contribution in [3.05, 3.63) is 0 Å². The van der Waals surface area contributed by atoms with Gasteiger partial charge >= 0.3 is 0 Å². The highest BCUT2D eigenvalue weighted by molar-refractivity contribution is 5.80. The molecule has 5 unspecified atom stereocenters. The number of hydrogen-bond donors (Lipinski definition) is 3. The van der Waals surface area contributed by atoms with E-state index in [1.54, 1.807) is 0 Å². The zero-order chi connectivity index (χ0) is 11.8. The van der Waals surface area contributed by atoms with Crippen LogP contribution in [0.25, 0.3) is 0 Å². The van der Waals surface area contributed by atoms with Crippen LogP contribution in [0.5, 0.6) is 0 Å². The second-order valence-electron chi connectivity index (χ2n) is 5.97. The molecule has 1 aliphatic carbocycles. The van der Waals surface area contributed by atoms with Gasteiger partial charge in [0, 0.05) is 18.6 Å². The Morgan fingerprint density at radius 1 is 1.24 bits per heavy atom. The Labute approximate surface area is 102 Å². The molecule has 0 aromatic heterocycles. The summed E-state index contributed by atoms with van der Waals surface area (Å²) in [7, 11) is 0. The Balaban J connectivity index is 1.44. The molecule has 4 nitrogen and oxygen atoms in total. The van der Waals surface area contributed by atoms with Gasteiger partial charge in [-0.05, 0) is 44.4 Å². The lowest BCUT2D eigenvalue weighted by Crippen LogP contribution is -2.39. The Hall–Kier alpha value is -0.610. The zero-order valence-electron chi connectivity index (χ0n) is 10.2. The first-order valence-electron chi connectivity index (χ1n) is 6.94. The Morgan fingerprint density at radius 3 is 2.71 bits per heavy atom. The number of nitrogens with one attached hydrogen (secondary N) is 2. The summed E-state index contributed by atoms with van der Waals surface area (Å²) in [5.41, 5.74) is 0. The van der Waals surface area contributed by atoms with E-state index >= 15 is 0 Å². The molecule has 17 heavy (non-hydrogen) atoms. The summed E-state index contributed by atoms with van der Waals surface area (Å²) in [6.07, 6.45) is 6.08. The molecule has 1 saturated carbocycles. The lowest BCUT2D eigenvalue weighted by molar-refractivity contribution is -0.125. The van der Waals surface area contributed by atoms with Crippen LogP contribution in [0.15, 0.2) is 0 Å². The van der Waals surface area contributed by atoms with Crippen LogP contribution >= 0.6 is 0 Å². The van der Waals surface area contributed by atoms with E-state index in [2.05, 4.69) is 10.6 Å². The monoisotopic (exact) mass is 238 g/mol. The number of rotatable bonds is 3. The van der Waals surface area contributed by atoms with Crippen molar-refractivity contribution >= 4 is 5.91 Å². The normalized spacial score (nSPS) is 44.2. The molecule has 2 aliphatic heterocycles. The summed E-state index contributed by atoms with van der Waals surface area (Å²) >= 11 is 0. The quantitative estimate of drug-likeness (QED) is 0.667. The van der Waals surface area contributed by atoms with E-state index < -0.39 is 0 Å². The molecule has 96 valence electrons. The van der Waals surface area contributed by atoms with Gasteiger partial charge in [0.2, 0.25) is 5.91 Å². The Bertz CT molecular complexity index is 308. The van der Waals surface area contributed by atoms with E-state index in [0.29, 0.717) is 18.0 Å². The Morgan fingerprint density at radius 2 is 2.12 bits per heavy atom. The van der Waals surface area contributed by atoms with Gasteiger partial charge in [-0.1, -0.05) is 0 Å². The van der Waals surface area contributed by atoms with Crippen molar-refractivity contribution in [3.8, 4) is 0 Å². The molecule has 4 heteroatoms. The molecule has 0 radical (unpaired) electrons. The molecule has 3 fully saturated rings. The second-order valence-corrected chi connectivity index (χ2v) is 5.97. The highest BCUT2D eigenvalue weighted by Gasteiger charge is 2.42. The van der Waals surface area contributed by atoms with Gasteiger partial charge < -0.3 is 15.7 Å². The second kappa shape index (κ2) is 4.58. The van der Waals surface area contributed by atoms with Crippen molar-refractivity contribution in [2.75, 3.05) is 6.54 Å². The fourth-order valence-electron chi connectivity index (χ4n) is 3.72. The average Bonchev–Trinajstić information content (AvgIpc) is 3.01. The summed E-state index contributed by atoms with van der Waals surface area (Å²) in [5.74, 6) is 0.909. The summed E-state index contributed by atoms with van der Waals surface area (Å²) in [6, 6.07) is 1.01. The topological polar surface area (TPSA) is 61.4 Å². The third kappa shape index (κ3) is 2.33. The maximum absolute atomic E-state index is 12.1. The van der Waals surface area contributed by atoms with Crippen LogP contribution in [-0.2, 0) is 4.79 Å². The minimum Gasteiger partial charge on any atom is -0.393 e. The van der Waals surface area contributed by atoms with E-state index in [-0.39, 0.29) is 17.9 Å². The van der Waals surface area contributed by atoms with Crippen molar-refractivity contribution < 1.29 is 9.90 Å². The van der Waals surface area contributed by atoms with E-state index in [0.717, 1.165) is 38.6 Å². The largest absolute Gasteiger partial charge is 0.393 e. The lowest BCUT2D eigenvalue weighted by Gasteiger charge is -2.20. The molecule has 0 spiro atoms. The van der Waals surface area contributed by atoms with Gasteiger partial charge in [0.1, 0.15) is 0 Å². The molecule has 2 heterocycles. The first-order chi connectivity index (χ1) is 8.22. The van der Waals surface area contributed by atoms with Crippen molar-refractivity contribution in [1.82, 2.24) is 10.6 Å². The van der Waals surface area contributed by atoms with E-state index in [9.17, 15) is 9.90 Å². The maximum Gasteiger partial charge on any atom is 0.224 e. The van der Waals surface area contributed by atoms with Gasteiger partial charge in [-0.15, -0.1) is 0 Å². The molecule has 0 aromatic rings. The summed E-state index contributed by atoms with van der Waals surface area (Å²) in [5, 5.41) is 16.0. The highest BCUT2D eigenvalue weighted by Crippen LogP contribution is 2.33. The van der Waals surface area contributed by atoms with Crippen molar-refractivity contribution in [2.45, 2.75) is 56.7 Å². The summed E-state index contributed by atoms with van der Waals surface area (Å²) in [4.78, 5) is 12.1. The van der Waals surface area contributed by atoms with Gasteiger partial charge in [-0.2, -0.15) is 0 Å².